The van der Waals surface area contributed by atoms with E-state index >= 15 is 0 Å². The lowest BCUT2D eigenvalue weighted by atomic mass is 10.0. The van der Waals surface area contributed by atoms with Crippen LogP contribution in [0.4, 0.5) is 0 Å². The summed E-state index contributed by atoms with van der Waals surface area (Å²) in [7, 11) is 1.48. The molecular weight excluding hydrogens is 439 g/mol. The summed E-state index contributed by atoms with van der Waals surface area (Å²) in [4.78, 5) is 26.3. The number of likely N-dealkylation sites (tertiary alicyclic amines) is 1. The third-order valence-electron chi connectivity index (χ3n) is 6.27. The Morgan fingerprint density at radius 2 is 1.45 bits per heavy atom. The van der Waals surface area contributed by atoms with E-state index in [0.717, 1.165) is 19.3 Å². The van der Waals surface area contributed by atoms with E-state index in [1.807, 2.05) is 21.1 Å². The number of likely N-dealkylation sites (N-methyl/N-ethyl adjacent to an activating group) is 1. The van der Waals surface area contributed by atoms with E-state index in [1.165, 1.54) is 70.6 Å². The van der Waals surface area contributed by atoms with Crippen LogP contribution in [0.5, 0.6) is 0 Å². The summed E-state index contributed by atoms with van der Waals surface area (Å²) < 4.78 is 23.0. The van der Waals surface area contributed by atoms with E-state index in [9.17, 15) is 14.3 Å². The van der Waals surface area contributed by atoms with Gasteiger partial charge in [-0.15, -0.1) is 0 Å². The van der Waals surface area contributed by atoms with Crippen LogP contribution < -0.4 is 4.89 Å². The molecule has 0 aliphatic carbocycles. The fraction of sp³-hybridized carbons (Fsp3) is 0.960. The van der Waals surface area contributed by atoms with Gasteiger partial charge >= 0.3 is 0 Å². The van der Waals surface area contributed by atoms with Crippen LogP contribution in [0.15, 0.2) is 0 Å². The van der Waals surface area contributed by atoms with Gasteiger partial charge in [0.25, 0.3) is 7.82 Å². The van der Waals surface area contributed by atoms with Crippen LogP contribution in [0.2, 0.25) is 0 Å². The van der Waals surface area contributed by atoms with Crippen LogP contribution in [-0.2, 0) is 18.4 Å². The van der Waals surface area contributed by atoms with Gasteiger partial charge in [-0.05, 0) is 19.3 Å². The lowest BCUT2D eigenvalue weighted by Gasteiger charge is -2.32. The van der Waals surface area contributed by atoms with E-state index in [-0.39, 0.29) is 12.5 Å². The van der Waals surface area contributed by atoms with Crippen LogP contribution in [0.25, 0.3) is 0 Å². The standard InChI is InChI=1S/C25H51N2O5P/c1-5-6-7-8-9-10-11-12-13-14-15-16-17-19-24(28)26-21-18-20-25(26)32-33(29,30)31-23-22-27(2,3)4/h25H,5-23H2,1-4H3/t25-/m1/s1. The molecule has 0 saturated carbocycles. The van der Waals surface area contributed by atoms with E-state index in [2.05, 4.69) is 6.92 Å². The molecule has 1 saturated heterocycles. The molecule has 0 aromatic rings. The van der Waals surface area contributed by atoms with E-state index in [0.29, 0.717) is 30.4 Å². The van der Waals surface area contributed by atoms with Gasteiger partial charge in [-0.3, -0.25) is 13.9 Å². The molecule has 1 fully saturated rings. The average molecular weight is 491 g/mol. The van der Waals surface area contributed by atoms with Crippen LogP contribution >= 0.6 is 7.82 Å². The quantitative estimate of drug-likeness (QED) is 0.126. The Morgan fingerprint density at radius 3 is 1.97 bits per heavy atom. The summed E-state index contributed by atoms with van der Waals surface area (Å²) in [6.45, 7) is 3.44. The number of amides is 1. The number of nitrogens with zero attached hydrogens (tertiary/aromatic N) is 2. The zero-order valence-electron chi connectivity index (χ0n) is 21.9. The van der Waals surface area contributed by atoms with Crippen LogP contribution in [-0.4, -0.2) is 62.4 Å². The van der Waals surface area contributed by atoms with E-state index < -0.39 is 14.1 Å². The number of phosphoric acid groups is 1. The zero-order valence-corrected chi connectivity index (χ0v) is 22.8. The Balaban J connectivity index is 2.11. The number of phosphoric ester groups is 1. The molecule has 1 aliphatic heterocycles. The van der Waals surface area contributed by atoms with Crippen molar-refractivity contribution in [1.29, 1.82) is 0 Å². The zero-order chi connectivity index (χ0) is 24.6. The van der Waals surface area contributed by atoms with Crippen LogP contribution in [0.3, 0.4) is 0 Å². The van der Waals surface area contributed by atoms with Gasteiger partial charge in [-0.25, -0.2) is 0 Å². The van der Waals surface area contributed by atoms with Crippen molar-refractivity contribution in [3.63, 3.8) is 0 Å². The molecule has 8 heteroatoms. The molecule has 1 unspecified atom stereocenters. The normalized spacial score (nSPS) is 18.6. The maximum atomic E-state index is 12.6. The van der Waals surface area contributed by atoms with Gasteiger partial charge < -0.3 is 18.8 Å². The number of rotatable bonds is 20. The van der Waals surface area contributed by atoms with E-state index in [1.54, 1.807) is 4.90 Å². The topological polar surface area (TPSA) is 78.9 Å². The van der Waals surface area contributed by atoms with Crippen molar-refractivity contribution >= 4 is 13.7 Å². The highest BCUT2D eigenvalue weighted by atomic mass is 31.2. The van der Waals surface area contributed by atoms with Crippen molar-refractivity contribution in [2.24, 2.45) is 0 Å². The predicted octanol–water partition coefficient (Wildman–Crippen LogP) is 5.62. The minimum Gasteiger partial charge on any atom is -0.756 e. The number of hydrogen-bond donors (Lipinski definition) is 0. The summed E-state index contributed by atoms with van der Waals surface area (Å²) in [5.41, 5.74) is 0. The molecule has 1 aliphatic rings. The molecule has 0 spiro atoms. The Labute approximate surface area is 203 Å². The third kappa shape index (κ3) is 15.9. The first-order valence-electron chi connectivity index (χ1n) is 13.4. The minimum absolute atomic E-state index is 0.00747. The summed E-state index contributed by atoms with van der Waals surface area (Å²) in [6, 6.07) is 0. The van der Waals surface area contributed by atoms with Gasteiger partial charge in [0.15, 0.2) is 0 Å². The second-order valence-corrected chi connectivity index (χ2v) is 11.9. The van der Waals surface area contributed by atoms with Gasteiger partial charge in [0.2, 0.25) is 5.91 Å². The first kappa shape index (κ1) is 30.6. The Morgan fingerprint density at radius 1 is 0.939 bits per heavy atom. The van der Waals surface area contributed by atoms with Crippen molar-refractivity contribution in [2.75, 3.05) is 40.8 Å². The maximum Gasteiger partial charge on any atom is 0.270 e. The largest absolute Gasteiger partial charge is 0.756 e. The highest BCUT2D eigenvalue weighted by Gasteiger charge is 2.32. The Kier molecular flexibility index (Phi) is 15.8. The van der Waals surface area contributed by atoms with Gasteiger partial charge in [0.05, 0.1) is 21.1 Å². The molecule has 0 bridgehead atoms. The predicted molar refractivity (Wildman–Crippen MR) is 133 cm³/mol. The average Bonchev–Trinajstić information content (AvgIpc) is 3.17. The summed E-state index contributed by atoms with van der Waals surface area (Å²) in [5, 5.41) is 0. The Hall–Kier alpha value is -0.460. The molecule has 0 N–H and O–H groups in total. The summed E-state index contributed by atoms with van der Waals surface area (Å²) in [5.74, 6) is -0.00747. The third-order valence-corrected chi connectivity index (χ3v) is 7.27. The van der Waals surface area contributed by atoms with Crippen molar-refractivity contribution in [3.8, 4) is 0 Å². The molecule has 1 rings (SSSR count). The highest BCUT2D eigenvalue weighted by Crippen LogP contribution is 2.42. The maximum absolute atomic E-state index is 12.6. The molecule has 2 atom stereocenters. The number of carbonyl (C=O) groups excluding carboxylic acids is 1. The monoisotopic (exact) mass is 490 g/mol. The van der Waals surface area contributed by atoms with Gasteiger partial charge in [-0.2, -0.15) is 0 Å². The molecule has 1 amide bonds. The van der Waals surface area contributed by atoms with Gasteiger partial charge in [0.1, 0.15) is 19.4 Å². The molecule has 1 heterocycles. The van der Waals surface area contributed by atoms with Crippen molar-refractivity contribution in [2.45, 2.75) is 116 Å². The van der Waals surface area contributed by atoms with E-state index in [4.69, 9.17) is 9.05 Å². The SMILES string of the molecule is CCCCCCCCCCCCCCCC(=O)N1CCC[C@H]1OP(=O)([O-])OCC[N+](C)(C)C. The molecule has 7 nitrogen and oxygen atoms in total. The van der Waals surface area contributed by atoms with Crippen molar-refractivity contribution in [1.82, 2.24) is 4.90 Å². The molecule has 0 aromatic carbocycles. The van der Waals surface area contributed by atoms with Gasteiger partial charge in [-0.1, -0.05) is 84.0 Å². The van der Waals surface area contributed by atoms with Crippen LogP contribution in [0, 0.1) is 0 Å². The van der Waals surface area contributed by atoms with Crippen molar-refractivity contribution < 1.29 is 27.8 Å². The van der Waals surface area contributed by atoms with Crippen molar-refractivity contribution in [3.05, 3.63) is 0 Å². The van der Waals surface area contributed by atoms with Crippen LogP contribution in [0.1, 0.15) is 110 Å². The second-order valence-electron chi connectivity index (χ2n) is 10.6. The molecule has 0 aromatic heterocycles. The fourth-order valence-electron chi connectivity index (χ4n) is 4.17. The lowest BCUT2D eigenvalue weighted by Crippen LogP contribution is -2.39. The van der Waals surface area contributed by atoms with Gasteiger partial charge in [0, 0.05) is 13.0 Å². The molecule has 0 radical (unpaired) electrons. The molecular formula is C25H51N2O5P. The number of carbonyl (C=O) groups is 1. The summed E-state index contributed by atoms with van der Waals surface area (Å²) >= 11 is 0. The molecule has 33 heavy (non-hydrogen) atoms. The number of quaternary nitrogens is 1. The number of unbranched alkanes of at least 4 members (excludes halogenated alkanes) is 12. The lowest BCUT2D eigenvalue weighted by molar-refractivity contribution is -0.870. The molecule has 196 valence electrons. The first-order valence-corrected chi connectivity index (χ1v) is 14.8. The first-order chi connectivity index (χ1) is 15.6. The number of hydrogen-bond acceptors (Lipinski definition) is 5. The highest BCUT2D eigenvalue weighted by molar-refractivity contribution is 7.45. The summed E-state index contributed by atoms with van der Waals surface area (Å²) in [6.07, 6.45) is 17.5. The Bertz CT molecular complexity index is 567. The fourth-order valence-corrected chi connectivity index (χ4v) is 5.06. The second kappa shape index (κ2) is 17.0. The minimum atomic E-state index is -4.42. The smallest absolute Gasteiger partial charge is 0.270 e.